The zero-order chi connectivity index (χ0) is 22.3. The third kappa shape index (κ3) is 9.97. The summed E-state index contributed by atoms with van der Waals surface area (Å²) >= 11 is 0. The highest BCUT2D eigenvalue weighted by atomic mass is 16.6. The topological polar surface area (TPSA) is 117 Å². The number of unbranched alkanes of at least 4 members (excludes halogenated alkanes) is 2. The van der Waals surface area contributed by atoms with Gasteiger partial charge in [0.05, 0.1) is 13.2 Å². The number of benzene rings is 2. The van der Waals surface area contributed by atoms with Gasteiger partial charge in [-0.2, -0.15) is 0 Å². The number of anilines is 2. The van der Waals surface area contributed by atoms with Crippen LogP contribution in [-0.4, -0.2) is 48.8 Å². The Labute approximate surface area is 182 Å². The van der Waals surface area contributed by atoms with Crippen LogP contribution in [0.15, 0.2) is 48.5 Å². The van der Waals surface area contributed by atoms with Crippen molar-refractivity contribution in [3.05, 3.63) is 59.7 Å². The summed E-state index contributed by atoms with van der Waals surface area (Å²) in [4.78, 5) is 23.4. The van der Waals surface area contributed by atoms with Crippen LogP contribution >= 0.6 is 0 Å². The smallest absolute Gasteiger partial charge is 0.411 e. The molecule has 0 spiro atoms. The second-order valence-electron chi connectivity index (χ2n) is 6.95. The van der Waals surface area contributed by atoms with Crippen molar-refractivity contribution in [2.24, 2.45) is 0 Å². The van der Waals surface area contributed by atoms with E-state index in [-0.39, 0.29) is 26.4 Å². The third-order valence-electron chi connectivity index (χ3n) is 4.38. The number of amides is 2. The Hall–Kier alpha value is -3.10. The predicted octanol–water partition coefficient (Wildman–Crippen LogP) is 3.92. The minimum absolute atomic E-state index is 0.0876. The SMILES string of the molecule is O=C(Nc1ccc(Cc2ccc(NC(=O)OCCCCO)cc2)cc1)OCCCCO. The number of carbonyl (C=O) groups is 2. The zero-order valence-electron chi connectivity index (χ0n) is 17.5. The van der Waals surface area contributed by atoms with E-state index in [1.165, 1.54) is 0 Å². The van der Waals surface area contributed by atoms with Crippen LogP contribution < -0.4 is 10.6 Å². The summed E-state index contributed by atoms with van der Waals surface area (Å²) in [6, 6.07) is 15.0. The molecule has 8 nitrogen and oxygen atoms in total. The minimum atomic E-state index is -0.513. The highest BCUT2D eigenvalue weighted by Gasteiger charge is 2.05. The maximum Gasteiger partial charge on any atom is 0.411 e. The van der Waals surface area contributed by atoms with Crippen molar-refractivity contribution in [2.45, 2.75) is 32.1 Å². The molecule has 0 bridgehead atoms. The molecule has 0 saturated heterocycles. The summed E-state index contributed by atoms with van der Waals surface area (Å²) in [6.07, 6.45) is 2.15. The molecule has 0 heterocycles. The fraction of sp³-hybridized carbons (Fsp3) is 0.391. The number of carbonyl (C=O) groups excluding carboxylic acids is 2. The molecule has 0 fully saturated rings. The molecule has 2 aromatic rings. The summed E-state index contributed by atoms with van der Waals surface area (Å²) in [5.41, 5.74) is 3.44. The third-order valence-corrected chi connectivity index (χ3v) is 4.38. The summed E-state index contributed by atoms with van der Waals surface area (Å²) in [5, 5.41) is 22.7. The molecule has 0 aliphatic heterocycles. The molecule has 0 atom stereocenters. The van der Waals surface area contributed by atoms with E-state index in [0.29, 0.717) is 43.5 Å². The van der Waals surface area contributed by atoms with Gasteiger partial charge in [0.1, 0.15) is 0 Å². The molecule has 0 radical (unpaired) electrons. The van der Waals surface area contributed by atoms with E-state index in [0.717, 1.165) is 11.1 Å². The molecule has 8 heteroatoms. The van der Waals surface area contributed by atoms with Crippen LogP contribution in [0.25, 0.3) is 0 Å². The molecule has 31 heavy (non-hydrogen) atoms. The van der Waals surface area contributed by atoms with Gasteiger partial charge in [0.15, 0.2) is 0 Å². The van der Waals surface area contributed by atoms with Gasteiger partial charge in [0, 0.05) is 24.6 Å². The molecule has 2 aromatic carbocycles. The second-order valence-corrected chi connectivity index (χ2v) is 6.95. The predicted molar refractivity (Wildman–Crippen MR) is 118 cm³/mol. The fourth-order valence-electron chi connectivity index (χ4n) is 2.71. The molecule has 0 unspecified atom stereocenters. The lowest BCUT2D eigenvalue weighted by Crippen LogP contribution is -2.14. The first-order valence-corrected chi connectivity index (χ1v) is 10.4. The van der Waals surface area contributed by atoms with Gasteiger partial charge in [-0.25, -0.2) is 9.59 Å². The van der Waals surface area contributed by atoms with Crippen molar-refractivity contribution in [1.29, 1.82) is 0 Å². The van der Waals surface area contributed by atoms with E-state index in [1.807, 2.05) is 48.5 Å². The average molecular weight is 431 g/mol. The van der Waals surface area contributed by atoms with E-state index in [4.69, 9.17) is 19.7 Å². The first-order valence-electron chi connectivity index (χ1n) is 10.4. The average Bonchev–Trinajstić information content (AvgIpc) is 2.77. The Balaban J connectivity index is 1.76. The van der Waals surface area contributed by atoms with Crippen LogP contribution in [0.1, 0.15) is 36.8 Å². The highest BCUT2D eigenvalue weighted by molar-refractivity contribution is 5.85. The van der Waals surface area contributed by atoms with Crippen LogP contribution in [0.2, 0.25) is 0 Å². The van der Waals surface area contributed by atoms with Crippen LogP contribution in [0.3, 0.4) is 0 Å². The van der Waals surface area contributed by atoms with Gasteiger partial charge >= 0.3 is 12.2 Å². The van der Waals surface area contributed by atoms with Gasteiger partial charge in [0.25, 0.3) is 0 Å². The van der Waals surface area contributed by atoms with Crippen molar-refractivity contribution < 1.29 is 29.3 Å². The Kier molecular flexibility index (Phi) is 10.9. The van der Waals surface area contributed by atoms with Crippen molar-refractivity contribution in [2.75, 3.05) is 37.1 Å². The van der Waals surface area contributed by atoms with Crippen LogP contribution in [0.4, 0.5) is 21.0 Å². The van der Waals surface area contributed by atoms with E-state index in [9.17, 15) is 9.59 Å². The quantitative estimate of drug-likeness (QED) is 0.379. The van der Waals surface area contributed by atoms with E-state index in [2.05, 4.69) is 10.6 Å². The van der Waals surface area contributed by atoms with Gasteiger partial charge in [-0.3, -0.25) is 10.6 Å². The summed E-state index contributed by atoms with van der Waals surface area (Å²) in [6.45, 7) is 0.724. The second kappa shape index (κ2) is 14.0. The molecule has 0 saturated carbocycles. The molecule has 168 valence electrons. The maximum absolute atomic E-state index is 11.7. The lowest BCUT2D eigenvalue weighted by atomic mass is 10.0. The standard InChI is InChI=1S/C23H30N2O6/c26-13-1-3-15-30-22(28)24-20-9-5-18(6-10-20)17-19-7-11-21(12-8-19)25-23(29)31-16-4-2-14-27/h5-12,26-27H,1-4,13-17H2,(H,24,28)(H,25,29). The molecule has 0 aliphatic carbocycles. The Morgan fingerprint density at radius 3 is 1.39 bits per heavy atom. The number of hydrogen-bond acceptors (Lipinski definition) is 6. The zero-order valence-corrected chi connectivity index (χ0v) is 17.5. The van der Waals surface area contributed by atoms with Crippen LogP contribution in [0.5, 0.6) is 0 Å². The Bertz CT molecular complexity index is 725. The van der Waals surface area contributed by atoms with E-state index < -0.39 is 12.2 Å². The number of rotatable bonds is 12. The Morgan fingerprint density at radius 2 is 1.03 bits per heavy atom. The first kappa shape index (κ1) is 24.2. The number of ether oxygens (including phenoxy) is 2. The first-order chi connectivity index (χ1) is 15.1. The molecule has 4 N–H and O–H groups in total. The summed E-state index contributed by atoms with van der Waals surface area (Å²) in [7, 11) is 0. The molecule has 2 amide bonds. The Morgan fingerprint density at radius 1 is 0.645 bits per heavy atom. The van der Waals surface area contributed by atoms with Crippen LogP contribution in [-0.2, 0) is 15.9 Å². The molecule has 0 aromatic heterocycles. The van der Waals surface area contributed by atoms with Crippen molar-refractivity contribution in [3.8, 4) is 0 Å². The van der Waals surface area contributed by atoms with Crippen molar-refractivity contribution in [3.63, 3.8) is 0 Å². The molecular formula is C23H30N2O6. The van der Waals surface area contributed by atoms with E-state index >= 15 is 0 Å². The normalized spacial score (nSPS) is 10.4. The summed E-state index contributed by atoms with van der Waals surface area (Å²) < 4.78 is 10.1. The lowest BCUT2D eigenvalue weighted by Gasteiger charge is -2.09. The van der Waals surface area contributed by atoms with Crippen LogP contribution in [0, 0.1) is 0 Å². The number of aliphatic hydroxyl groups excluding tert-OH is 2. The van der Waals surface area contributed by atoms with Gasteiger partial charge in [-0.15, -0.1) is 0 Å². The number of aliphatic hydroxyl groups is 2. The molecular weight excluding hydrogens is 400 g/mol. The van der Waals surface area contributed by atoms with Gasteiger partial charge in [-0.1, -0.05) is 24.3 Å². The van der Waals surface area contributed by atoms with Gasteiger partial charge in [0.2, 0.25) is 0 Å². The van der Waals surface area contributed by atoms with Crippen molar-refractivity contribution in [1.82, 2.24) is 0 Å². The maximum atomic E-state index is 11.7. The molecule has 0 aliphatic rings. The fourth-order valence-corrected chi connectivity index (χ4v) is 2.71. The number of nitrogens with one attached hydrogen (secondary N) is 2. The van der Waals surface area contributed by atoms with E-state index in [1.54, 1.807) is 0 Å². The van der Waals surface area contributed by atoms with Crippen molar-refractivity contribution >= 4 is 23.6 Å². The van der Waals surface area contributed by atoms with Gasteiger partial charge < -0.3 is 19.7 Å². The largest absolute Gasteiger partial charge is 0.449 e. The highest BCUT2D eigenvalue weighted by Crippen LogP contribution is 2.16. The minimum Gasteiger partial charge on any atom is -0.449 e. The van der Waals surface area contributed by atoms with Gasteiger partial charge in [-0.05, 0) is 67.5 Å². The number of hydrogen-bond donors (Lipinski definition) is 4. The monoisotopic (exact) mass is 430 g/mol. The molecule has 2 rings (SSSR count). The summed E-state index contributed by atoms with van der Waals surface area (Å²) in [5.74, 6) is 0. The lowest BCUT2D eigenvalue weighted by molar-refractivity contribution is 0.155.